The fraction of sp³-hybridized carbons (Fsp3) is 0.370. The molecule has 2 aromatic carbocycles. The molecule has 3 N–H and O–H groups in total. The number of hydrogen-bond donors (Lipinski definition) is 3. The van der Waals surface area contributed by atoms with Crippen LogP contribution in [0.5, 0.6) is 0 Å². The number of likely N-dealkylation sites (tertiary alicyclic amines) is 1. The largest absolute Gasteiger partial charge is 0.418 e. The fourth-order valence-corrected chi connectivity index (χ4v) is 5.11. The van der Waals surface area contributed by atoms with Crippen molar-refractivity contribution in [3.8, 4) is 6.07 Å². The van der Waals surface area contributed by atoms with Gasteiger partial charge in [-0.05, 0) is 36.2 Å². The Labute approximate surface area is 226 Å². The van der Waals surface area contributed by atoms with Gasteiger partial charge in [0.2, 0.25) is 11.8 Å². The Hall–Kier alpha value is -4.47. The van der Waals surface area contributed by atoms with E-state index in [-0.39, 0.29) is 31.4 Å². The minimum absolute atomic E-state index is 0.0256. The maximum absolute atomic E-state index is 13.6. The average Bonchev–Trinajstić information content (AvgIpc) is 3.44. The number of carbonyl (C=O) groups is 4. The predicted molar refractivity (Wildman–Crippen MR) is 134 cm³/mol. The first kappa shape index (κ1) is 28.5. The summed E-state index contributed by atoms with van der Waals surface area (Å²) in [5.74, 6) is -5.14. The number of para-hydroxylation sites is 1. The van der Waals surface area contributed by atoms with Gasteiger partial charge in [0.25, 0.3) is 0 Å². The van der Waals surface area contributed by atoms with Crippen molar-refractivity contribution in [1.29, 1.82) is 5.26 Å². The summed E-state index contributed by atoms with van der Waals surface area (Å²) >= 11 is 0. The zero-order valence-electron chi connectivity index (χ0n) is 21.3. The van der Waals surface area contributed by atoms with Crippen LogP contribution in [-0.4, -0.2) is 47.2 Å². The molecule has 2 aliphatic rings. The van der Waals surface area contributed by atoms with E-state index in [0.29, 0.717) is 36.2 Å². The zero-order chi connectivity index (χ0) is 29.2. The molecule has 210 valence electrons. The molecule has 1 fully saturated rings. The second-order valence-electron chi connectivity index (χ2n) is 9.71. The van der Waals surface area contributed by atoms with E-state index in [4.69, 9.17) is 0 Å². The van der Waals surface area contributed by atoms with Crippen LogP contribution in [0.4, 0.5) is 28.9 Å². The Morgan fingerprint density at radius 3 is 2.60 bits per heavy atom. The number of amides is 4. The molecule has 0 aromatic heterocycles. The molecular weight excluding hydrogens is 534 g/mol. The minimum Gasteiger partial charge on any atom is -0.336 e. The number of hydrogen-bond acceptors (Lipinski definition) is 5. The maximum atomic E-state index is 13.6. The highest BCUT2D eigenvalue weighted by Gasteiger charge is 2.56. The van der Waals surface area contributed by atoms with E-state index >= 15 is 0 Å². The molecule has 0 radical (unpaired) electrons. The van der Waals surface area contributed by atoms with Gasteiger partial charge in [0.15, 0.2) is 0 Å². The van der Waals surface area contributed by atoms with Crippen molar-refractivity contribution in [2.75, 3.05) is 17.2 Å². The number of nitriles is 1. The van der Waals surface area contributed by atoms with Gasteiger partial charge in [-0.2, -0.15) is 18.4 Å². The van der Waals surface area contributed by atoms with Crippen LogP contribution >= 0.6 is 0 Å². The van der Waals surface area contributed by atoms with Crippen LogP contribution in [0.25, 0.3) is 0 Å². The van der Waals surface area contributed by atoms with E-state index in [2.05, 4.69) is 10.6 Å². The summed E-state index contributed by atoms with van der Waals surface area (Å²) in [6, 6.07) is 8.22. The van der Waals surface area contributed by atoms with E-state index in [1.807, 2.05) is 18.3 Å². The second-order valence-corrected chi connectivity index (χ2v) is 9.71. The lowest BCUT2D eigenvalue weighted by Crippen LogP contribution is -2.52. The minimum atomic E-state index is -5.01. The van der Waals surface area contributed by atoms with Crippen molar-refractivity contribution in [2.24, 2.45) is 0 Å². The number of unbranched alkanes of at least 4 members (excludes halogenated alkanes) is 1. The number of halogens is 4. The Balaban J connectivity index is 1.54. The third-order valence-electron chi connectivity index (χ3n) is 7.11. The van der Waals surface area contributed by atoms with Crippen molar-refractivity contribution in [3.63, 3.8) is 0 Å². The highest BCUT2D eigenvalue weighted by molar-refractivity contribution is 6.40. The van der Waals surface area contributed by atoms with Crippen LogP contribution in [0.1, 0.15) is 43.7 Å². The molecule has 2 heterocycles. The van der Waals surface area contributed by atoms with Crippen LogP contribution in [-0.2, 0) is 30.8 Å². The Kier molecular flexibility index (Phi) is 7.81. The molecule has 0 saturated carbocycles. The number of alkyl halides is 3. The molecule has 4 rings (SSSR count). The van der Waals surface area contributed by atoms with Crippen LogP contribution < -0.4 is 16.0 Å². The summed E-state index contributed by atoms with van der Waals surface area (Å²) in [5, 5.41) is 16.7. The van der Waals surface area contributed by atoms with Gasteiger partial charge in [-0.1, -0.05) is 38.0 Å². The van der Waals surface area contributed by atoms with E-state index in [0.717, 1.165) is 0 Å². The van der Waals surface area contributed by atoms with Gasteiger partial charge in [0.05, 0.1) is 22.7 Å². The van der Waals surface area contributed by atoms with E-state index < -0.39 is 58.5 Å². The number of benzene rings is 2. The SMILES string of the molecule is CCCC[C@H](NC(=O)C(=O)Nc1ccc(F)cc1C(F)(F)F)C(=O)N1C[C@]2(C[C@H]1C#N)C(=O)Nc1ccccc12. The van der Waals surface area contributed by atoms with Crippen molar-refractivity contribution >= 4 is 35.0 Å². The number of nitrogens with zero attached hydrogens (tertiary/aromatic N) is 2. The summed E-state index contributed by atoms with van der Waals surface area (Å²) in [5.41, 5.74) is -2.27. The summed E-state index contributed by atoms with van der Waals surface area (Å²) in [7, 11) is 0. The van der Waals surface area contributed by atoms with Gasteiger partial charge < -0.3 is 20.9 Å². The monoisotopic (exact) mass is 559 g/mol. The fourth-order valence-electron chi connectivity index (χ4n) is 5.11. The second kappa shape index (κ2) is 11.0. The van der Waals surface area contributed by atoms with Crippen molar-refractivity contribution in [1.82, 2.24) is 10.2 Å². The molecule has 9 nitrogen and oxygen atoms in total. The van der Waals surface area contributed by atoms with E-state index in [9.17, 15) is 42.0 Å². The molecule has 0 bridgehead atoms. The molecule has 0 aliphatic carbocycles. The number of carbonyl (C=O) groups excluding carboxylic acids is 4. The number of fused-ring (bicyclic) bond motifs is 2. The molecule has 1 spiro atoms. The molecule has 2 aliphatic heterocycles. The number of anilines is 2. The summed E-state index contributed by atoms with van der Waals surface area (Å²) in [4.78, 5) is 53.0. The van der Waals surface area contributed by atoms with Gasteiger partial charge in [0.1, 0.15) is 17.9 Å². The lowest BCUT2D eigenvalue weighted by atomic mass is 9.80. The molecule has 13 heteroatoms. The molecule has 0 unspecified atom stereocenters. The Bertz CT molecular complexity index is 1410. The highest BCUT2D eigenvalue weighted by Crippen LogP contribution is 2.46. The van der Waals surface area contributed by atoms with Crippen LogP contribution in [0, 0.1) is 17.1 Å². The summed E-state index contributed by atoms with van der Waals surface area (Å²) < 4.78 is 53.3. The van der Waals surface area contributed by atoms with Gasteiger partial charge in [-0.25, -0.2) is 4.39 Å². The summed E-state index contributed by atoms with van der Waals surface area (Å²) in [6.45, 7) is 1.69. The smallest absolute Gasteiger partial charge is 0.336 e. The van der Waals surface area contributed by atoms with Gasteiger partial charge in [-0.15, -0.1) is 0 Å². The normalized spacial score (nSPS) is 20.4. The van der Waals surface area contributed by atoms with Gasteiger partial charge in [-0.3, -0.25) is 19.2 Å². The van der Waals surface area contributed by atoms with Crippen LogP contribution in [0.3, 0.4) is 0 Å². The first-order valence-corrected chi connectivity index (χ1v) is 12.5. The van der Waals surface area contributed by atoms with Crippen molar-refractivity contribution < 1.29 is 36.7 Å². The number of rotatable bonds is 6. The maximum Gasteiger partial charge on any atom is 0.418 e. The average molecular weight is 560 g/mol. The lowest BCUT2D eigenvalue weighted by molar-refractivity contribution is -0.140. The van der Waals surface area contributed by atoms with Crippen molar-refractivity contribution in [3.05, 3.63) is 59.4 Å². The molecular formula is C27H25F4N5O4. The molecule has 1 saturated heterocycles. The zero-order valence-corrected chi connectivity index (χ0v) is 21.3. The summed E-state index contributed by atoms with van der Waals surface area (Å²) in [6.07, 6.45) is -3.86. The Morgan fingerprint density at radius 1 is 1.20 bits per heavy atom. The van der Waals surface area contributed by atoms with Crippen LogP contribution in [0.15, 0.2) is 42.5 Å². The predicted octanol–water partition coefficient (Wildman–Crippen LogP) is 3.47. The van der Waals surface area contributed by atoms with E-state index in [1.165, 1.54) is 4.90 Å². The molecule has 3 atom stereocenters. The lowest BCUT2D eigenvalue weighted by Gasteiger charge is -2.27. The molecule has 2 aromatic rings. The third kappa shape index (κ3) is 5.34. The third-order valence-corrected chi connectivity index (χ3v) is 7.11. The van der Waals surface area contributed by atoms with Gasteiger partial charge in [0, 0.05) is 18.7 Å². The van der Waals surface area contributed by atoms with Crippen molar-refractivity contribution in [2.45, 2.75) is 56.3 Å². The quantitative estimate of drug-likeness (QED) is 0.369. The molecule has 40 heavy (non-hydrogen) atoms. The van der Waals surface area contributed by atoms with E-state index in [1.54, 1.807) is 24.3 Å². The van der Waals surface area contributed by atoms with Crippen LogP contribution in [0.2, 0.25) is 0 Å². The molecule has 4 amide bonds. The first-order valence-electron chi connectivity index (χ1n) is 12.5. The first-order chi connectivity index (χ1) is 18.9. The Morgan fingerprint density at radius 2 is 1.93 bits per heavy atom. The van der Waals surface area contributed by atoms with Gasteiger partial charge >= 0.3 is 18.0 Å². The number of nitrogens with one attached hydrogen (secondary N) is 3. The highest BCUT2D eigenvalue weighted by atomic mass is 19.4. The topological polar surface area (TPSA) is 131 Å². The standard InChI is InChI=1S/C27H25F4N5O4/c1-2-3-7-21(34-23(38)22(37)33-20-10-9-15(28)11-18(20)27(29,30)31)24(39)36-14-26(12-16(36)13-32)17-6-4-5-8-19(17)35-25(26)40/h4-6,8-11,16,21H,2-3,7,12,14H2,1H3,(H,33,37)(H,34,38)(H,35,40)/t16-,21-,26-/m0/s1.